The summed E-state index contributed by atoms with van der Waals surface area (Å²) in [7, 11) is 0. The highest BCUT2D eigenvalue weighted by Crippen LogP contribution is 2.28. The van der Waals surface area contributed by atoms with Gasteiger partial charge < -0.3 is 10.6 Å². The molecule has 2 fully saturated rings. The molecule has 2 heterocycles. The van der Waals surface area contributed by atoms with Crippen molar-refractivity contribution in [3.8, 4) is 0 Å². The van der Waals surface area contributed by atoms with E-state index in [0.717, 1.165) is 38.8 Å². The fourth-order valence-electron chi connectivity index (χ4n) is 3.57. The topological polar surface area (TPSA) is 64.2 Å². The number of hydrogen-bond acceptors (Lipinski definition) is 3. The first-order valence-corrected chi connectivity index (χ1v) is 7.76. The average Bonchev–Trinajstić information content (AvgIpc) is 3.12. The van der Waals surface area contributed by atoms with Gasteiger partial charge in [0.05, 0.1) is 6.04 Å². The van der Waals surface area contributed by atoms with Crippen LogP contribution in [0, 0.1) is 5.92 Å². The van der Waals surface area contributed by atoms with Gasteiger partial charge >= 0.3 is 0 Å². The van der Waals surface area contributed by atoms with E-state index in [2.05, 4.69) is 5.10 Å². The van der Waals surface area contributed by atoms with Gasteiger partial charge in [0.25, 0.3) is 0 Å². The SMILES string of the molecule is N[C@@H]1CCC[C@H]1CC(=O)N1CCCC(n2cccn2)C1. The number of likely N-dealkylation sites (tertiary alicyclic amines) is 1. The largest absolute Gasteiger partial charge is 0.341 e. The van der Waals surface area contributed by atoms with Crippen molar-refractivity contribution in [3.05, 3.63) is 18.5 Å². The zero-order chi connectivity index (χ0) is 13.9. The summed E-state index contributed by atoms with van der Waals surface area (Å²) in [6.45, 7) is 1.68. The molecule has 1 saturated carbocycles. The lowest BCUT2D eigenvalue weighted by Gasteiger charge is -2.33. The number of hydrogen-bond donors (Lipinski definition) is 1. The van der Waals surface area contributed by atoms with Gasteiger partial charge in [-0.15, -0.1) is 0 Å². The molecule has 1 aliphatic carbocycles. The molecule has 1 saturated heterocycles. The second-order valence-corrected chi connectivity index (χ2v) is 6.18. The summed E-state index contributed by atoms with van der Waals surface area (Å²) >= 11 is 0. The van der Waals surface area contributed by atoms with Crippen molar-refractivity contribution >= 4 is 5.91 Å². The molecular formula is C15H24N4O. The summed E-state index contributed by atoms with van der Waals surface area (Å²) in [6.07, 6.45) is 9.96. The van der Waals surface area contributed by atoms with Crippen LogP contribution in [-0.2, 0) is 4.79 Å². The Kier molecular flexibility index (Phi) is 4.05. The molecule has 3 rings (SSSR count). The lowest BCUT2D eigenvalue weighted by Crippen LogP contribution is -2.42. The van der Waals surface area contributed by atoms with E-state index < -0.39 is 0 Å². The smallest absolute Gasteiger partial charge is 0.222 e. The third-order valence-corrected chi connectivity index (χ3v) is 4.80. The van der Waals surface area contributed by atoms with Crippen molar-refractivity contribution in [1.82, 2.24) is 14.7 Å². The van der Waals surface area contributed by atoms with Crippen LogP contribution in [0.2, 0.25) is 0 Å². The Balaban J connectivity index is 1.57. The summed E-state index contributed by atoms with van der Waals surface area (Å²) in [5, 5.41) is 4.31. The highest BCUT2D eigenvalue weighted by Gasteiger charge is 2.30. The van der Waals surface area contributed by atoms with Crippen molar-refractivity contribution in [2.45, 2.75) is 50.6 Å². The number of amides is 1. The highest BCUT2D eigenvalue weighted by molar-refractivity contribution is 5.76. The van der Waals surface area contributed by atoms with E-state index in [1.807, 2.05) is 21.8 Å². The molecule has 2 aliphatic rings. The maximum absolute atomic E-state index is 12.5. The molecule has 1 aromatic rings. The first-order valence-electron chi connectivity index (χ1n) is 7.76. The molecule has 0 radical (unpaired) electrons. The molecule has 3 atom stereocenters. The summed E-state index contributed by atoms with van der Waals surface area (Å²) in [5.74, 6) is 0.678. The molecule has 0 aromatic carbocycles. The van der Waals surface area contributed by atoms with Gasteiger partial charge in [0.2, 0.25) is 5.91 Å². The lowest BCUT2D eigenvalue weighted by molar-refractivity contribution is -0.134. The van der Waals surface area contributed by atoms with Crippen LogP contribution in [0.4, 0.5) is 0 Å². The third kappa shape index (κ3) is 2.87. The monoisotopic (exact) mass is 276 g/mol. The molecule has 5 heteroatoms. The van der Waals surface area contributed by atoms with E-state index in [4.69, 9.17) is 5.73 Å². The highest BCUT2D eigenvalue weighted by atomic mass is 16.2. The first kappa shape index (κ1) is 13.6. The van der Waals surface area contributed by atoms with Gasteiger partial charge in [-0.25, -0.2) is 0 Å². The molecular weight excluding hydrogens is 252 g/mol. The molecule has 1 aromatic heterocycles. The Morgan fingerprint density at radius 2 is 2.20 bits per heavy atom. The Labute approximate surface area is 120 Å². The number of rotatable bonds is 3. The molecule has 0 spiro atoms. The van der Waals surface area contributed by atoms with Crippen LogP contribution in [0.25, 0.3) is 0 Å². The Morgan fingerprint density at radius 1 is 1.30 bits per heavy atom. The third-order valence-electron chi connectivity index (χ3n) is 4.80. The van der Waals surface area contributed by atoms with Gasteiger partial charge in [-0.05, 0) is 37.7 Å². The Bertz CT molecular complexity index is 445. The normalized spacial score (nSPS) is 30.6. The van der Waals surface area contributed by atoms with Gasteiger partial charge in [0.15, 0.2) is 0 Å². The Hall–Kier alpha value is -1.36. The number of carbonyl (C=O) groups is 1. The van der Waals surface area contributed by atoms with E-state index in [0.29, 0.717) is 18.4 Å². The Morgan fingerprint density at radius 3 is 2.90 bits per heavy atom. The summed E-state index contributed by atoms with van der Waals surface area (Å²) < 4.78 is 1.99. The summed E-state index contributed by atoms with van der Waals surface area (Å²) in [6, 6.07) is 2.50. The minimum Gasteiger partial charge on any atom is -0.341 e. The van der Waals surface area contributed by atoms with Crippen molar-refractivity contribution in [1.29, 1.82) is 0 Å². The van der Waals surface area contributed by atoms with Gasteiger partial charge in [-0.3, -0.25) is 9.48 Å². The molecule has 0 bridgehead atoms. The molecule has 1 unspecified atom stereocenters. The average molecular weight is 276 g/mol. The van der Waals surface area contributed by atoms with Crippen LogP contribution >= 0.6 is 0 Å². The fraction of sp³-hybridized carbons (Fsp3) is 0.733. The molecule has 1 aliphatic heterocycles. The van der Waals surface area contributed by atoms with Crippen LogP contribution in [-0.4, -0.2) is 39.7 Å². The summed E-state index contributed by atoms with van der Waals surface area (Å²) in [4.78, 5) is 14.5. The predicted octanol–water partition coefficient (Wildman–Crippen LogP) is 1.56. The van der Waals surface area contributed by atoms with Gasteiger partial charge in [-0.1, -0.05) is 6.42 Å². The zero-order valence-electron chi connectivity index (χ0n) is 11.9. The number of nitrogens with zero attached hydrogens (tertiary/aromatic N) is 3. The van der Waals surface area contributed by atoms with Gasteiger partial charge in [0, 0.05) is 37.9 Å². The maximum atomic E-state index is 12.5. The van der Waals surface area contributed by atoms with Gasteiger partial charge in [-0.2, -0.15) is 5.10 Å². The minimum atomic E-state index is 0.227. The van der Waals surface area contributed by atoms with E-state index in [9.17, 15) is 4.79 Å². The summed E-state index contributed by atoms with van der Waals surface area (Å²) in [5.41, 5.74) is 6.08. The van der Waals surface area contributed by atoms with Crippen LogP contribution < -0.4 is 5.73 Å². The second-order valence-electron chi connectivity index (χ2n) is 6.18. The maximum Gasteiger partial charge on any atom is 0.222 e. The molecule has 1 amide bonds. The second kappa shape index (κ2) is 5.95. The molecule has 110 valence electrons. The zero-order valence-corrected chi connectivity index (χ0v) is 11.9. The molecule has 20 heavy (non-hydrogen) atoms. The van der Waals surface area contributed by atoms with Crippen molar-refractivity contribution in [3.63, 3.8) is 0 Å². The van der Waals surface area contributed by atoms with Gasteiger partial charge in [0.1, 0.15) is 0 Å². The standard InChI is InChI=1S/C15H24N4O/c16-14-6-1-4-12(14)10-15(20)18-8-2-5-13(11-18)19-9-3-7-17-19/h3,7,9,12-14H,1-2,4-6,8,10-11,16H2/t12-,13?,14+/m0/s1. The molecule has 2 N–H and O–H groups in total. The number of nitrogens with two attached hydrogens (primary N) is 1. The number of piperidine rings is 1. The van der Waals surface area contributed by atoms with Crippen molar-refractivity contribution < 1.29 is 4.79 Å². The van der Waals surface area contributed by atoms with E-state index >= 15 is 0 Å². The van der Waals surface area contributed by atoms with E-state index in [1.54, 1.807) is 6.20 Å². The van der Waals surface area contributed by atoms with Crippen LogP contribution in [0.15, 0.2) is 18.5 Å². The predicted molar refractivity (Wildman–Crippen MR) is 77.0 cm³/mol. The van der Waals surface area contributed by atoms with E-state index in [-0.39, 0.29) is 11.9 Å². The first-order chi connectivity index (χ1) is 9.74. The number of aromatic nitrogens is 2. The van der Waals surface area contributed by atoms with Crippen molar-refractivity contribution in [2.75, 3.05) is 13.1 Å². The van der Waals surface area contributed by atoms with Crippen LogP contribution in [0.3, 0.4) is 0 Å². The number of carbonyl (C=O) groups excluding carboxylic acids is 1. The fourth-order valence-corrected chi connectivity index (χ4v) is 3.57. The minimum absolute atomic E-state index is 0.227. The van der Waals surface area contributed by atoms with Crippen LogP contribution in [0.5, 0.6) is 0 Å². The van der Waals surface area contributed by atoms with E-state index in [1.165, 1.54) is 6.42 Å². The quantitative estimate of drug-likeness (QED) is 0.911. The van der Waals surface area contributed by atoms with Crippen molar-refractivity contribution in [2.24, 2.45) is 11.7 Å². The molecule has 5 nitrogen and oxygen atoms in total. The lowest BCUT2D eigenvalue weighted by atomic mass is 9.98. The van der Waals surface area contributed by atoms with Crippen LogP contribution in [0.1, 0.15) is 44.6 Å².